The second kappa shape index (κ2) is 13.5. The predicted molar refractivity (Wildman–Crippen MR) is 140 cm³/mol. The number of hydrogen-bond donors (Lipinski definition) is 3. The largest absolute Gasteiger partial charge is 0.460 e. The molecule has 0 radical (unpaired) electrons. The molecule has 0 aromatic heterocycles. The number of carbonyl (C=O) groups is 2. The van der Waals surface area contributed by atoms with Crippen LogP contribution < -0.4 is 5.84 Å². The van der Waals surface area contributed by atoms with E-state index in [0.717, 1.165) is 16.1 Å². The molecule has 0 bridgehead atoms. The van der Waals surface area contributed by atoms with Gasteiger partial charge in [-0.2, -0.15) is 0 Å². The quantitative estimate of drug-likeness (QED) is 0.179. The Hall–Kier alpha value is -2.74. The smallest absolute Gasteiger partial charge is 0.312 e. The molecule has 0 aliphatic heterocycles. The van der Waals surface area contributed by atoms with Crippen LogP contribution in [0.3, 0.4) is 0 Å². The summed E-state index contributed by atoms with van der Waals surface area (Å²) in [5.41, 5.74) is 1.09. The SMILES string of the molecule is CC(C)[C@H](CO)N(N)C(=O)C(Cc1ccccc1)C[C@H](O)[C@H](Cc1ccccc1)C(=O)OC(C)(C)C. The molecule has 2 aromatic rings. The van der Waals surface area contributed by atoms with Gasteiger partial charge in [0.25, 0.3) is 0 Å². The number of carbonyl (C=O) groups excluding carboxylic acids is 2. The van der Waals surface area contributed by atoms with E-state index in [1.54, 1.807) is 20.8 Å². The van der Waals surface area contributed by atoms with Crippen molar-refractivity contribution in [3.05, 3.63) is 71.8 Å². The summed E-state index contributed by atoms with van der Waals surface area (Å²) >= 11 is 0. The van der Waals surface area contributed by atoms with E-state index in [2.05, 4.69) is 0 Å². The van der Waals surface area contributed by atoms with Gasteiger partial charge in [-0.15, -0.1) is 0 Å². The summed E-state index contributed by atoms with van der Waals surface area (Å²) in [5.74, 6) is 3.70. The Morgan fingerprint density at radius 3 is 1.89 bits per heavy atom. The molecule has 0 saturated carbocycles. The highest BCUT2D eigenvalue weighted by atomic mass is 16.6. The lowest BCUT2D eigenvalue weighted by atomic mass is 9.85. The fraction of sp³-hybridized carbons (Fsp3) is 0.517. The molecule has 4 N–H and O–H groups in total. The maximum absolute atomic E-state index is 13.5. The van der Waals surface area contributed by atoms with Gasteiger partial charge in [-0.05, 0) is 57.1 Å². The van der Waals surface area contributed by atoms with Crippen LogP contribution in [-0.4, -0.2) is 51.5 Å². The Morgan fingerprint density at radius 1 is 0.944 bits per heavy atom. The number of benzene rings is 2. The standard InChI is InChI=1S/C29H42N2O5/c1-20(2)25(19-32)31(30)27(34)23(16-21-12-8-6-9-13-21)18-26(33)24(28(35)36-29(3,4)5)17-22-14-10-7-11-15-22/h6-15,20,23-26,32-33H,16-19,30H2,1-5H3/t23?,24-,25-,26-/m0/s1. The zero-order chi connectivity index (χ0) is 26.9. The average molecular weight is 499 g/mol. The van der Waals surface area contributed by atoms with Gasteiger partial charge in [-0.25, -0.2) is 5.84 Å². The first kappa shape index (κ1) is 29.5. The van der Waals surface area contributed by atoms with E-state index in [4.69, 9.17) is 10.6 Å². The first-order valence-electron chi connectivity index (χ1n) is 12.6. The molecule has 1 unspecified atom stereocenters. The molecule has 2 aromatic carbocycles. The number of nitrogens with zero attached hydrogens (tertiary/aromatic N) is 1. The lowest BCUT2D eigenvalue weighted by Crippen LogP contribution is -2.53. The summed E-state index contributed by atoms with van der Waals surface area (Å²) in [6.45, 7) is 8.85. The van der Waals surface area contributed by atoms with Crippen LogP contribution in [0.2, 0.25) is 0 Å². The van der Waals surface area contributed by atoms with Crippen molar-refractivity contribution >= 4 is 11.9 Å². The van der Waals surface area contributed by atoms with Gasteiger partial charge >= 0.3 is 5.97 Å². The lowest BCUT2D eigenvalue weighted by Gasteiger charge is -2.33. The van der Waals surface area contributed by atoms with Crippen molar-refractivity contribution in [1.82, 2.24) is 5.01 Å². The van der Waals surface area contributed by atoms with Crippen molar-refractivity contribution in [2.45, 2.75) is 71.6 Å². The molecule has 4 atom stereocenters. The van der Waals surface area contributed by atoms with E-state index in [0.29, 0.717) is 6.42 Å². The monoisotopic (exact) mass is 498 g/mol. The maximum Gasteiger partial charge on any atom is 0.312 e. The van der Waals surface area contributed by atoms with Crippen molar-refractivity contribution in [2.24, 2.45) is 23.6 Å². The minimum absolute atomic E-state index is 0.0222. The van der Waals surface area contributed by atoms with Gasteiger partial charge in [0.15, 0.2) is 0 Å². The fourth-order valence-corrected chi connectivity index (χ4v) is 4.24. The zero-order valence-electron chi connectivity index (χ0n) is 22.1. The summed E-state index contributed by atoms with van der Waals surface area (Å²) in [6, 6.07) is 18.4. The molecule has 0 aliphatic carbocycles. The Kier molecular flexibility index (Phi) is 11.1. The van der Waals surface area contributed by atoms with E-state index in [1.807, 2.05) is 74.5 Å². The molecule has 36 heavy (non-hydrogen) atoms. The summed E-state index contributed by atoms with van der Waals surface area (Å²) in [5, 5.41) is 22.3. The van der Waals surface area contributed by atoms with Crippen molar-refractivity contribution in [1.29, 1.82) is 0 Å². The molecule has 2 rings (SSSR count). The highest BCUT2D eigenvalue weighted by Gasteiger charge is 2.36. The molecule has 0 fully saturated rings. The molecular formula is C29H42N2O5. The van der Waals surface area contributed by atoms with Gasteiger partial charge in [0.1, 0.15) is 5.60 Å². The topological polar surface area (TPSA) is 113 Å². The third kappa shape index (κ3) is 9.04. The third-order valence-corrected chi connectivity index (χ3v) is 6.24. The van der Waals surface area contributed by atoms with E-state index in [-0.39, 0.29) is 31.3 Å². The number of amides is 1. The van der Waals surface area contributed by atoms with Gasteiger partial charge in [0.2, 0.25) is 5.91 Å². The second-order valence-electron chi connectivity index (χ2n) is 10.8. The van der Waals surface area contributed by atoms with Crippen molar-refractivity contribution < 1.29 is 24.5 Å². The number of hydrazine groups is 1. The molecule has 0 spiro atoms. The van der Waals surface area contributed by atoms with Gasteiger partial charge in [-0.3, -0.25) is 14.6 Å². The highest BCUT2D eigenvalue weighted by molar-refractivity contribution is 5.79. The van der Waals surface area contributed by atoms with E-state index in [1.165, 1.54) is 0 Å². The van der Waals surface area contributed by atoms with Gasteiger partial charge in [0, 0.05) is 5.92 Å². The van der Waals surface area contributed by atoms with Crippen LogP contribution in [-0.2, 0) is 27.2 Å². The first-order valence-corrected chi connectivity index (χ1v) is 12.6. The van der Waals surface area contributed by atoms with Crippen LogP contribution in [0.25, 0.3) is 0 Å². The van der Waals surface area contributed by atoms with Gasteiger partial charge in [-0.1, -0.05) is 74.5 Å². The summed E-state index contributed by atoms with van der Waals surface area (Å²) in [7, 11) is 0. The third-order valence-electron chi connectivity index (χ3n) is 6.24. The minimum Gasteiger partial charge on any atom is -0.460 e. The number of nitrogens with two attached hydrogens (primary N) is 1. The zero-order valence-corrected chi connectivity index (χ0v) is 22.1. The number of esters is 1. The fourth-order valence-electron chi connectivity index (χ4n) is 4.24. The number of ether oxygens (including phenoxy) is 1. The molecule has 198 valence electrons. The van der Waals surface area contributed by atoms with Crippen molar-refractivity contribution in [3.8, 4) is 0 Å². The number of hydrogen-bond acceptors (Lipinski definition) is 6. The molecular weight excluding hydrogens is 456 g/mol. The first-order chi connectivity index (χ1) is 16.9. The van der Waals surface area contributed by atoms with Crippen LogP contribution in [0.5, 0.6) is 0 Å². The number of aliphatic hydroxyl groups is 2. The Labute approximate surface area is 215 Å². The van der Waals surface area contributed by atoms with Crippen LogP contribution in [0.1, 0.15) is 52.2 Å². The molecule has 1 amide bonds. The molecule has 7 nitrogen and oxygen atoms in total. The predicted octanol–water partition coefficient (Wildman–Crippen LogP) is 3.52. The van der Waals surface area contributed by atoms with Crippen LogP contribution >= 0.6 is 0 Å². The average Bonchev–Trinajstić information content (AvgIpc) is 2.81. The minimum atomic E-state index is -1.14. The summed E-state index contributed by atoms with van der Waals surface area (Å²) < 4.78 is 5.64. The number of aliphatic hydroxyl groups excluding tert-OH is 2. The Balaban J connectivity index is 2.34. The number of rotatable bonds is 12. The van der Waals surface area contributed by atoms with E-state index in [9.17, 15) is 19.8 Å². The Bertz CT molecular complexity index is 943. The van der Waals surface area contributed by atoms with Crippen LogP contribution in [0.4, 0.5) is 0 Å². The maximum atomic E-state index is 13.5. The van der Waals surface area contributed by atoms with Gasteiger partial charge in [0.05, 0.1) is 24.7 Å². The molecule has 0 heterocycles. The molecule has 0 saturated heterocycles. The summed E-state index contributed by atoms with van der Waals surface area (Å²) in [4.78, 5) is 26.7. The molecule has 7 heteroatoms. The van der Waals surface area contributed by atoms with Crippen LogP contribution in [0.15, 0.2) is 60.7 Å². The second-order valence-corrected chi connectivity index (χ2v) is 10.8. The highest BCUT2D eigenvalue weighted by Crippen LogP contribution is 2.26. The van der Waals surface area contributed by atoms with Crippen LogP contribution in [0, 0.1) is 17.8 Å². The van der Waals surface area contributed by atoms with Crippen molar-refractivity contribution in [3.63, 3.8) is 0 Å². The van der Waals surface area contributed by atoms with Gasteiger partial charge < -0.3 is 14.9 Å². The van der Waals surface area contributed by atoms with E-state index >= 15 is 0 Å². The van der Waals surface area contributed by atoms with E-state index < -0.39 is 35.6 Å². The Morgan fingerprint density at radius 2 is 1.44 bits per heavy atom. The lowest BCUT2D eigenvalue weighted by molar-refractivity contribution is -0.165. The normalized spacial score (nSPS) is 15.1. The summed E-state index contributed by atoms with van der Waals surface area (Å²) in [6.07, 6.45) is -0.500. The van der Waals surface area contributed by atoms with Crippen molar-refractivity contribution in [2.75, 3.05) is 6.61 Å². The molecule has 0 aliphatic rings.